The van der Waals surface area contributed by atoms with Gasteiger partial charge in [0.2, 0.25) is 0 Å². The Kier molecular flexibility index (Phi) is 8.55. The number of methoxy groups -OCH3 is 3. The average Bonchev–Trinajstić information content (AvgIpc) is 3.21. The van der Waals surface area contributed by atoms with Gasteiger partial charge in [-0.15, -0.1) is 0 Å². The minimum atomic E-state index is -0.560. The van der Waals surface area contributed by atoms with Gasteiger partial charge in [-0.25, -0.2) is 4.79 Å². The molecule has 0 saturated carbocycles. The number of carbonyl (C=O) groups excluding carboxylic acids is 3. The highest BCUT2D eigenvalue weighted by Gasteiger charge is 2.35. The molecule has 4 rings (SSSR count). The molecule has 1 aliphatic rings. The lowest BCUT2D eigenvalue weighted by atomic mass is 10.1. The van der Waals surface area contributed by atoms with Gasteiger partial charge in [0.1, 0.15) is 12.4 Å². The van der Waals surface area contributed by atoms with Gasteiger partial charge in [-0.1, -0.05) is 18.2 Å². The number of carbonyl (C=O) groups is 3. The minimum Gasteiger partial charge on any atom is -0.497 e. The summed E-state index contributed by atoms with van der Waals surface area (Å²) in [7, 11) is 4.52. The molecule has 0 spiro atoms. The summed E-state index contributed by atoms with van der Waals surface area (Å²) >= 11 is 0.841. The van der Waals surface area contributed by atoms with E-state index in [1.165, 1.54) is 21.3 Å². The first-order valence-electron chi connectivity index (χ1n) is 11.5. The third-order valence-corrected chi connectivity index (χ3v) is 6.44. The van der Waals surface area contributed by atoms with Crippen LogP contribution in [0.5, 0.6) is 28.7 Å². The summed E-state index contributed by atoms with van der Waals surface area (Å²) in [6.45, 7) is 0.206. The highest BCUT2D eigenvalue weighted by atomic mass is 32.2. The predicted molar refractivity (Wildman–Crippen MR) is 142 cm³/mol. The summed E-state index contributed by atoms with van der Waals surface area (Å²) in [5, 5.41) is -0.387. The van der Waals surface area contributed by atoms with Gasteiger partial charge in [0.15, 0.2) is 23.0 Å². The lowest BCUT2D eigenvalue weighted by Gasteiger charge is -2.14. The zero-order chi connectivity index (χ0) is 27.1. The van der Waals surface area contributed by atoms with Crippen LogP contribution in [0.25, 0.3) is 6.08 Å². The molecule has 0 bridgehead atoms. The molecule has 0 unspecified atom stereocenters. The molecule has 1 saturated heterocycles. The third-order valence-electron chi connectivity index (χ3n) is 5.53. The first kappa shape index (κ1) is 26.6. The normalized spacial score (nSPS) is 14.0. The fraction of sp³-hybridized carbons (Fsp3) is 0.179. The Hall–Kier alpha value is -4.44. The van der Waals surface area contributed by atoms with Crippen molar-refractivity contribution in [2.75, 3.05) is 34.5 Å². The first-order chi connectivity index (χ1) is 18.4. The SMILES string of the molecule is COc1ccc(C(=O)Oc2ccc(/C=C3\SC(=O)N(CCOc4ccccc4OC)C3=O)cc2OC)cc1. The molecular weight excluding hydrogens is 510 g/mol. The molecule has 196 valence electrons. The number of para-hydroxylation sites is 2. The minimum absolute atomic E-state index is 0.0869. The second kappa shape index (κ2) is 12.2. The van der Waals surface area contributed by atoms with Crippen molar-refractivity contribution in [3.63, 3.8) is 0 Å². The zero-order valence-electron chi connectivity index (χ0n) is 21.0. The molecule has 1 aliphatic heterocycles. The largest absolute Gasteiger partial charge is 0.497 e. The van der Waals surface area contributed by atoms with Crippen LogP contribution < -0.4 is 23.7 Å². The summed E-state index contributed by atoms with van der Waals surface area (Å²) in [6, 6.07) is 18.5. The Morgan fingerprint density at radius 3 is 2.24 bits per heavy atom. The van der Waals surface area contributed by atoms with Crippen LogP contribution in [0, 0.1) is 0 Å². The molecule has 9 nitrogen and oxygen atoms in total. The Balaban J connectivity index is 1.42. The first-order valence-corrected chi connectivity index (χ1v) is 12.3. The fourth-order valence-corrected chi connectivity index (χ4v) is 4.44. The van der Waals surface area contributed by atoms with Crippen LogP contribution in [0.4, 0.5) is 4.79 Å². The van der Waals surface area contributed by atoms with Crippen LogP contribution in [0.2, 0.25) is 0 Å². The van der Waals surface area contributed by atoms with E-state index >= 15 is 0 Å². The van der Waals surface area contributed by atoms with Crippen molar-refractivity contribution >= 4 is 35.0 Å². The van der Waals surface area contributed by atoms with Crippen molar-refractivity contribution in [3.8, 4) is 28.7 Å². The van der Waals surface area contributed by atoms with Gasteiger partial charge in [0.05, 0.1) is 38.3 Å². The maximum atomic E-state index is 12.9. The van der Waals surface area contributed by atoms with E-state index < -0.39 is 11.9 Å². The van der Waals surface area contributed by atoms with E-state index in [2.05, 4.69) is 0 Å². The molecule has 2 amide bonds. The Morgan fingerprint density at radius 2 is 1.55 bits per heavy atom. The topological polar surface area (TPSA) is 101 Å². The monoisotopic (exact) mass is 535 g/mol. The van der Waals surface area contributed by atoms with Gasteiger partial charge >= 0.3 is 5.97 Å². The zero-order valence-corrected chi connectivity index (χ0v) is 21.8. The van der Waals surface area contributed by atoms with E-state index in [9.17, 15) is 14.4 Å². The van der Waals surface area contributed by atoms with Crippen molar-refractivity contribution in [2.24, 2.45) is 0 Å². The van der Waals surface area contributed by atoms with Gasteiger partial charge in [0.25, 0.3) is 11.1 Å². The lowest BCUT2D eigenvalue weighted by molar-refractivity contribution is -0.123. The van der Waals surface area contributed by atoms with Crippen molar-refractivity contribution in [1.82, 2.24) is 4.90 Å². The summed E-state index contributed by atoms with van der Waals surface area (Å²) in [5.41, 5.74) is 0.946. The number of hydrogen-bond donors (Lipinski definition) is 0. The van der Waals surface area contributed by atoms with Gasteiger partial charge in [-0.3, -0.25) is 14.5 Å². The third kappa shape index (κ3) is 6.09. The standard InChI is InChI=1S/C28H25NO8S/c1-33-20-11-9-19(10-12-20)27(31)37-23-13-8-18(16-24(23)35-3)17-25-26(30)29(28(32)38-25)14-15-36-22-7-5-4-6-21(22)34-2/h4-13,16-17H,14-15H2,1-3H3/b25-17-. The van der Waals surface area contributed by atoms with Crippen LogP contribution >= 0.6 is 11.8 Å². The van der Waals surface area contributed by atoms with Crippen molar-refractivity contribution in [1.29, 1.82) is 0 Å². The lowest BCUT2D eigenvalue weighted by Crippen LogP contribution is -2.32. The average molecular weight is 536 g/mol. The van der Waals surface area contributed by atoms with E-state index in [4.69, 9.17) is 23.7 Å². The highest BCUT2D eigenvalue weighted by Crippen LogP contribution is 2.35. The molecule has 1 fully saturated rings. The summed E-state index contributed by atoms with van der Waals surface area (Å²) < 4.78 is 26.9. The Bertz CT molecular complexity index is 1370. The smallest absolute Gasteiger partial charge is 0.343 e. The number of nitrogens with zero attached hydrogens (tertiary/aromatic N) is 1. The van der Waals surface area contributed by atoms with Crippen molar-refractivity contribution in [2.45, 2.75) is 0 Å². The van der Waals surface area contributed by atoms with E-state index in [-0.39, 0.29) is 29.0 Å². The van der Waals surface area contributed by atoms with E-state index in [1.807, 2.05) is 6.07 Å². The molecule has 38 heavy (non-hydrogen) atoms. The molecule has 3 aromatic carbocycles. The quantitative estimate of drug-likeness (QED) is 0.201. The van der Waals surface area contributed by atoms with Crippen LogP contribution in [0.15, 0.2) is 71.6 Å². The number of esters is 1. The molecule has 0 atom stereocenters. The summed E-state index contributed by atoms with van der Waals surface area (Å²) in [5.74, 6) is 1.24. The number of ether oxygens (including phenoxy) is 5. The molecule has 10 heteroatoms. The number of amides is 2. The van der Waals surface area contributed by atoms with Gasteiger partial charge in [-0.05, 0) is 71.9 Å². The molecule has 0 radical (unpaired) electrons. The van der Waals surface area contributed by atoms with Crippen LogP contribution in [0.1, 0.15) is 15.9 Å². The number of thioether (sulfide) groups is 1. The van der Waals surface area contributed by atoms with Gasteiger partial charge < -0.3 is 23.7 Å². The van der Waals surface area contributed by atoms with Crippen LogP contribution in [0.3, 0.4) is 0 Å². The fourth-order valence-electron chi connectivity index (χ4n) is 3.57. The van der Waals surface area contributed by atoms with Crippen molar-refractivity contribution in [3.05, 3.63) is 82.8 Å². The van der Waals surface area contributed by atoms with Crippen molar-refractivity contribution < 1.29 is 38.1 Å². The maximum Gasteiger partial charge on any atom is 0.343 e. The Morgan fingerprint density at radius 1 is 0.842 bits per heavy atom. The summed E-state index contributed by atoms with van der Waals surface area (Å²) in [6.07, 6.45) is 1.59. The molecular formula is C28H25NO8S. The van der Waals surface area contributed by atoms with E-state index in [0.717, 1.165) is 16.7 Å². The number of rotatable bonds is 10. The maximum absolute atomic E-state index is 12.9. The van der Waals surface area contributed by atoms with Crippen LogP contribution in [-0.4, -0.2) is 56.5 Å². The molecule has 0 aromatic heterocycles. The molecule has 1 heterocycles. The Labute approximate surface area is 223 Å². The second-order valence-electron chi connectivity index (χ2n) is 7.86. The van der Waals surface area contributed by atoms with E-state index in [1.54, 1.807) is 66.7 Å². The second-order valence-corrected chi connectivity index (χ2v) is 8.85. The molecule has 0 N–H and O–H groups in total. The number of imide groups is 1. The van der Waals surface area contributed by atoms with Gasteiger partial charge in [0, 0.05) is 0 Å². The van der Waals surface area contributed by atoms with Gasteiger partial charge in [-0.2, -0.15) is 0 Å². The number of hydrogen-bond acceptors (Lipinski definition) is 9. The molecule has 0 aliphatic carbocycles. The predicted octanol–water partition coefficient (Wildman–Crippen LogP) is 5.05. The summed E-state index contributed by atoms with van der Waals surface area (Å²) in [4.78, 5) is 39.3. The highest BCUT2D eigenvalue weighted by molar-refractivity contribution is 8.18. The van der Waals surface area contributed by atoms with Crippen LogP contribution in [-0.2, 0) is 4.79 Å². The van der Waals surface area contributed by atoms with E-state index in [0.29, 0.717) is 34.1 Å². The number of benzene rings is 3. The molecule has 3 aromatic rings.